The second-order valence-electron chi connectivity index (χ2n) is 16.7. The summed E-state index contributed by atoms with van der Waals surface area (Å²) in [5, 5.41) is 32.3. The monoisotopic (exact) mass is 970 g/mol. The number of aliphatic hydroxyl groups excluding tert-OH is 1. The van der Waals surface area contributed by atoms with E-state index in [1.54, 1.807) is 27.7 Å². The maximum Gasteiger partial charge on any atom is 0.469 e. The number of likely N-dealkylation sites (tertiary alicyclic amines) is 1. The number of unbranched alkanes of at least 4 members (excludes halogenated alkanes) is 2. The number of phosphoric acid groups is 1. The Labute approximate surface area is 393 Å². The second-order valence-corrected chi connectivity index (χ2v) is 17.9. The molecule has 1 fully saturated rings. The van der Waals surface area contributed by atoms with E-state index in [9.17, 15) is 48.2 Å². The molecule has 0 saturated carbocycles. The summed E-state index contributed by atoms with van der Waals surface area (Å²) < 4.78 is 19.4. The lowest BCUT2D eigenvalue weighted by Gasteiger charge is -2.28. The summed E-state index contributed by atoms with van der Waals surface area (Å²) >= 11 is 0. The largest absolute Gasteiger partial charge is 0.469 e. The maximum absolute atomic E-state index is 14.1. The van der Waals surface area contributed by atoms with Crippen molar-refractivity contribution >= 4 is 55.6 Å². The number of primary amides is 1. The minimum absolute atomic E-state index is 0.108. The quantitative estimate of drug-likeness (QED) is 0.0204. The van der Waals surface area contributed by atoms with E-state index in [0.717, 1.165) is 18.9 Å². The average molecular weight is 971 g/mol. The van der Waals surface area contributed by atoms with Crippen molar-refractivity contribution in [3.8, 4) is 0 Å². The number of amides is 6. The van der Waals surface area contributed by atoms with Crippen LogP contribution in [0.25, 0.3) is 6.08 Å². The van der Waals surface area contributed by atoms with Crippen LogP contribution in [0.2, 0.25) is 0 Å². The van der Waals surface area contributed by atoms with Crippen LogP contribution in [0.1, 0.15) is 83.2 Å². The highest BCUT2D eigenvalue weighted by molar-refractivity contribution is 7.46. The normalized spacial score (nSPS) is 16.3. The van der Waals surface area contributed by atoms with Gasteiger partial charge in [0.15, 0.2) is 0 Å². The van der Waals surface area contributed by atoms with Gasteiger partial charge in [0.1, 0.15) is 42.5 Å². The molecule has 24 nitrogen and oxygen atoms in total. The molecule has 6 atom stereocenters. The molecule has 1 saturated heterocycles. The molecule has 0 radical (unpaired) electrons. The van der Waals surface area contributed by atoms with E-state index in [1.807, 2.05) is 50.4 Å². The number of benzene rings is 1. The van der Waals surface area contributed by atoms with Gasteiger partial charge in [-0.25, -0.2) is 14.2 Å². The topological polar surface area (TPSA) is 337 Å². The van der Waals surface area contributed by atoms with Crippen LogP contribution in [-0.2, 0) is 62.2 Å². The summed E-state index contributed by atoms with van der Waals surface area (Å²) in [7, 11) is -5.13. The van der Waals surface area contributed by atoms with Gasteiger partial charge in [0.25, 0.3) is 0 Å². The SMILES string of the molecule is CC(=O)N1CCC[C@H]1C(=O)N[C@@H](CC(C)C)C(=O)N[C@@H](Cc1cncn1CCCCCO/N=C/C=C/c1cn(Cc2ccccc2)nn1)C(=O)N[C@@H](CO)C(=O)N[C@H](C(N)=O)[C@@H](C)OP(=O)(O)O. The van der Waals surface area contributed by atoms with Crippen LogP contribution in [0.3, 0.4) is 0 Å². The molecule has 1 aromatic carbocycles. The van der Waals surface area contributed by atoms with Crippen LogP contribution >= 0.6 is 7.82 Å². The first-order chi connectivity index (χ1) is 32.3. The Bertz CT molecular complexity index is 2250. The number of phosphoric ester groups is 1. The molecule has 3 aromatic rings. The molecule has 25 heteroatoms. The van der Waals surface area contributed by atoms with E-state index < -0.39 is 80.3 Å². The second kappa shape index (κ2) is 26.9. The van der Waals surface area contributed by atoms with Gasteiger partial charge in [-0.05, 0) is 69.1 Å². The molecule has 3 heterocycles. The Morgan fingerprint density at radius 2 is 1.68 bits per heavy atom. The first-order valence-corrected chi connectivity index (χ1v) is 23.8. The predicted octanol–water partition coefficient (Wildman–Crippen LogP) is -0.0769. The highest BCUT2D eigenvalue weighted by Gasteiger charge is 2.37. The van der Waals surface area contributed by atoms with Crippen molar-refractivity contribution in [2.45, 2.75) is 122 Å². The van der Waals surface area contributed by atoms with Gasteiger partial charge in [-0.1, -0.05) is 54.5 Å². The molecule has 9 N–H and O–H groups in total. The van der Waals surface area contributed by atoms with E-state index in [1.165, 1.54) is 24.2 Å². The van der Waals surface area contributed by atoms with Crippen LogP contribution < -0.4 is 27.0 Å². The zero-order valence-corrected chi connectivity index (χ0v) is 39.4. The minimum atomic E-state index is -5.13. The van der Waals surface area contributed by atoms with Gasteiger partial charge >= 0.3 is 7.82 Å². The molecule has 0 bridgehead atoms. The number of carbonyl (C=O) groups excluding carboxylic acids is 6. The molecule has 0 aliphatic carbocycles. The average Bonchev–Trinajstić information content (AvgIpc) is 4.06. The molecular weight excluding hydrogens is 908 g/mol. The zero-order valence-electron chi connectivity index (χ0n) is 38.5. The van der Waals surface area contributed by atoms with Crippen molar-refractivity contribution in [3.05, 3.63) is 72.1 Å². The summed E-state index contributed by atoms with van der Waals surface area (Å²) in [5.74, 6) is -5.00. The summed E-state index contributed by atoms with van der Waals surface area (Å²) in [6.07, 6.45) is 11.3. The maximum atomic E-state index is 14.1. The van der Waals surface area contributed by atoms with E-state index >= 15 is 0 Å². The van der Waals surface area contributed by atoms with Gasteiger partial charge in [-0.2, -0.15) is 0 Å². The fraction of sp³-hybridized carbons (Fsp3) is 0.535. The fourth-order valence-corrected chi connectivity index (χ4v) is 7.91. The molecule has 68 heavy (non-hydrogen) atoms. The van der Waals surface area contributed by atoms with Crippen LogP contribution in [0.15, 0.2) is 60.3 Å². The number of hydrogen-bond acceptors (Lipinski definition) is 14. The lowest BCUT2D eigenvalue weighted by atomic mass is 10.0. The van der Waals surface area contributed by atoms with Gasteiger partial charge in [-0.15, -0.1) is 5.10 Å². The van der Waals surface area contributed by atoms with Gasteiger partial charge < -0.3 is 56.2 Å². The fourth-order valence-electron chi connectivity index (χ4n) is 7.35. The number of hydrogen-bond donors (Lipinski definition) is 8. The van der Waals surface area contributed by atoms with Gasteiger partial charge in [0.05, 0.1) is 38.0 Å². The third-order valence-corrected chi connectivity index (χ3v) is 11.3. The summed E-state index contributed by atoms with van der Waals surface area (Å²) in [6.45, 7) is 6.89. The Hall–Kier alpha value is -6.33. The summed E-state index contributed by atoms with van der Waals surface area (Å²) in [4.78, 5) is 109. The molecule has 6 amide bonds. The highest BCUT2D eigenvalue weighted by Crippen LogP contribution is 2.38. The standard InChI is InChI=1S/C43H63N12O12P/c1-28(2)21-34(48-43(62)37-16-12-19-55(37)30(4)57)40(59)47-35(41(60)49-36(26-56)42(61)50-38(39(44)58)29(3)67-68(63,64)65)22-33-23-45-27-53(33)18-9-6-10-20-66-46-17-11-15-32-25-54(52-51-32)24-31-13-7-5-8-14-31/h5,7-8,11,13-15,17,23,25,27-29,34-38,56H,6,9-10,12,16,18-22,24,26H2,1-4H3,(H2,44,58)(H,47,59)(H,48,62)(H,49,60)(H,50,61)(H2,63,64,65)/b15-11+,46-17+/t29-,34+,35+,36+,37+,38+/m1/s1. The summed E-state index contributed by atoms with van der Waals surface area (Å²) in [6, 6.07) is 3.00. The van der Waals surface area contributed by atoms with Crippen molar-refractivity contribution < 1.29 is 57.6 Å². The van der Waals surface area contributed by atoms with Crippen LogP contribution in [0.5, 0.6) is 0 Å². The Morgan fingerprint density at radius 3 is 2.35 bits per heavy atom. The van der Waals surface area contributed by atoms with Gasteiger partial charge in [0.2, 0.25) is 35.4 Å². The molecule has 0 spiro atoms. The van der Waals surface area contributed by atoms with Crippen molar-refractivity contribution in [3.63, 3.8) is 0 Å². The van der Waals surface area contributed by atoms with E-state index in [4.69, 9.17) is 10.6 Å². The molecule has 1 aliphatic heterocycles. The Balaban J connectivity index is 1.39. The first kappa shape index (κ1) is 54.3. The van der Waals surface area contributed by atoms with Gasteiger partial charge in [-0.3, -0.25) is 33.3 Å². The molecule has 2 aromatic heterocycles. The van der Waals surface area contributed by atoms with Crippen molar-refractivity contribution in [2.24, 2.45) is 16.8 Å². The number of oxime groups is 1. The predicted molar refractivity (Wildman–Crippen MR) is 245 cm³/mol. The first-order valence-electron chi connectivity index (χ1n) is 22.2. The van der Waals surface area contributed by atoms with Crippen molar-refractivity contribution in [2.75, 3.05) is 19.8 Å². The van der Waals surface area contributed by atoms with Crippen molar-refractivity contribution in [1.82, 2.24) is 50.7 Å². The molecule has 0 unspecified atom stereocenters. The number of rotatable bonds is 28. The lowest BCUT2D eigenvalue weighted by molar-refractivity contribution is -0.139. The van der Waals surface area contributed by atoms with E-state index in [-0.39, 0.29) is 24.7 Å². The number of nitrogens with one attached hydrogen (secondary N) is 4. The molecule has 1 aliphatic rings. The smallest absolute Gasteiger partial charge is 0.396 e. The van der Waals surface area contributed by atoms with E-state index in [0.29, 0.717) is 63.3 Å². The number of aliphatic hydroxyl groups is 1. The highest BCUT2D eigenvalue weighted by atomic mass is 31.2. The number of nitrogens with two attached hydrogens (primary N) is 1. The summed E-state index contributed by atoms with van der Waals surface area (Å²) in [5.41, 5.74) is 7.64. The molecular formula is C43H63N12O12P. The van der Waals surface area contributed by atoms with Crippen molar-refractivity contribution in [1.29, 1.82) is 0 Å². The Morgan fingerprint density at radius 1 is 0.971 bits per heavy atom. The molecule has 4 rings (SSSR count). The Kier molecular flexibility index (Phi) is 21.4. The van der Waals surface area contributed by atoms with Crippen LogP contribution in [-0.4, -0.2) is 142 Å². The molecule has 372 valence electrons. The minimum Gasteiger partial charge on any atom is -0.396 e. The number of aromatic nitrogens is 5. The van der Waals surface area contributed by atoms with Gasteiger partial charge in [0, 0.05) is 38.3 Å². The lowest BCUT2D eigenvalue weighted by Crippen LogP contribution is -2.61. The number of aryl methyl sites for hydroxylation is 1. The third kappa shape index (κ3) is 18.1. The number of carbonyl (C=O) groups is 6. The number of nitrogens with zero attached hydrogens (tertiary/aromatic N) is 7. The number of allylic oxidation sites excluding steroid dienone is 1. The number of imidazole rings is 1. The van der Waals surface area contributed by atoms with Crippen LogP contribution in [0, 0.1) is 5.92 Å². The third-order valence-electron chi connectivity index (χ3n) is 10.7. The zero-order chi connectivity index (χ0) is 49.8. The van der Waals surface area contributed by atoms with E-state index in [2.05, 4.69) is 46.2 Å². The van der Waals surface area contributed by atoms with Crippen LogP contribution in [0.4, 0.5) is 0 Å².